The number of anilines is 2. The summed E-state index contributed by atoms with van der Waals surface area (Å²) in [5.74, 6) is -2.82. The van der Waals surface area contributed by atoms with Gasteiger partial charge in [0, 0.05) is 81.4 Å². The van der Waals surface area contributed by atoms with Crippen LogP contribution in [0.5, 0.6) is 11.5 Å². The van der Waals surface area contributed by atoms with Crippen molar-refractivity contribution in [1.29, 1.82) is 0 Å². The fourth-order valence-corrected chi connectivity index (χ4v) is 7.19. The molecule has 0 saturated carbocycles. The summed E-state index contributed by atoms with van der Waals surface area (Å²) in [7, 11) is 2.91. The van der Waals surface area contributed by atoms with Crippen LogP contribution in [0.25, 0.3) is 45.0 Å². The molecule has 0 aliphatic heterocycles. The van der Waals surface area contributed by atoms with Gasteiger partial charge in [-0.25, -0.2) is 42.3 Å². The average Bonchev–Trinajstić information content (AvgIpc) is 3.33. The lowest BCUT2D eigenvalue weighted by molar-refractivity contribution is 0.0691. The number of ether oxygens (including phenoxy) is 2. The molecule has 4 aromatic heterocycles. The number of nitrogens with zero attached hydrogens (tertiary/aromatic N) is 6. The van der Waals surface area contributed by atoms with Gasteiger partial charge in [-0.1, -0.05) is 19.6 Å². The normalized spacial score (nSPS) is 10.4. The van der Waals surface area contributed by atoms with Crippen LogP contribution in [0.15, 0.2) is 109 Å². The molecule has 0 aliphatic carbocycles. The van der Waals surface area contributed by atoms with Gasteiger partial charge in [-0.2, -0.15) is 0 Å². The van der Waals surface area contributed by atoms with Crippen molar-refractivity contribution in [2.75, 3.05) is 25.7 Å². The number of nitrogens with two attached hydrogens (primary N) is 3. The number of amides is 1. The highest BCUT2D eigenvalue weighted by atomic mass is 19.1. The Labute approximate surface area is 413 Å². The van der Waals surface area contributed by atoms with Crippen LogP contribution in [0.3, 0.4) is 0 Å². The first-order valence-electron chi connectivity index (χ1n) is 21.5. The van der Waals surface area contributed by atoms with E-state index in [-0.39, 0.29) is 54.4 Å². The van der Waals surface area contributed by atoms with Crippen molar-refractivity contribution in [3.63, 3.8) is 0 Å². The van der Waals surface area contributed by atoms with Gasteiger partial charge in [0.25, 0.3) is 5.91 Å². The lowest BCUT2D eigenvalue weighted by Gasteiger charge is -2.14. The highest BCUT2D eigenvalue weighted by molar-refractivity contribution is 5.98. The molecule has 72 heavy (non-hydrogen) atoms. The number of aromatic nitrogens is 6. The van der Waals surface area contributed by atoms with Crippen molar-refractivity contribution < 1.29 is 41.7 Å². The Hall–Kier alpha value is -8.84. The smallest absolute Gasteiger partial charge is 0.358 e. The van der Waals surface area contributed by atoms with E-state index in [1.54, 1.807) is 42.5 Å². The minimum absolute atomic E-state index is 0. The fraction of sp³-hybridized carbons (Fsp3) is 0.170. The summed E-state index contributed by atoms with van der Waals surface area (Å²) >= 11 is 0. The zero-order valence-corrected chi connectivity index (χ0v) is 39.3. The number of hydrogen-bond acceptors (Lipinski definition) is 13. The van der Waals surface area contributed by atoms with E-state index in [0.29, 0.717) is 68.6 Å². The summed E-state index contributed by atoms with van der Waals surface area (Å²) in [6.45, 7) is 7.79. The maximum absolute atomic E-state index is 13.5. The van der Waals surface area contributed by atoms with Crippen LogP contribution in [-0.4, -0.2) is 61.1 Å². The quantitative estimate of drug-likeness (QED) is 0.0758. The number of pyridine rings is 2. The molecule has 372 valence electrons. The highest BCUT2D eigenvalue weighted by Crippen LogP contribution is 2.33. The summed E-state index contributed by atoms with van der Waals surface area (Å²) in [4.78, 5) is 50.6. The van der Waals surface area contributed by atoms with Gasteiger partial charge in [-0.05, 0) is 113 Å². The van der Waals surface area contributed by atoms with Crippen LogP contribution in [0.4, 0.5) is 29.2 Å². The van der Waals surface area contributed by atoms with Crippen molar-refractivity contribution in [2.45, 2.75) is 48.2 Å². The predicted molar refractivity (Wildman–Crippen MR) is 268 cm³/mol. The van der Waals surface area contributed by atoms with Crippen molar-refractivity contribution in [3.05, 3.63) is 178 Å². The largest absolute Gasteiger partial charge is 0.496 e. The van der Waals surface area contributed by atoms with Gasteiger partial charge in [-0.3, -0.25) is 14.8 Å². The summed E-state index contributed by atoms with van der Waals surface area (Å²) in [5.41, 5.74) is 25.4. The van der Waals surface area contributed by atoms with Crippen LogP contribution in [0, 0.1) is 51.0 Å². The van der Waals surface area contributed by atoms with Crippen molar-refractivity contribution >= 4 is 23.5 Å². The van der Waals surface area contributed by atoms with Crippen LogP contribution in [-0.2, 0) is 13.1 Å². The first-order chi connectivity index (χ1) is 33.9. The van der Waals surface area contributed by atoms with E-state index in [1.807, 2.05) is 39.8 Å². The first kappa shape index (κ1) is 54.1. The van der Waals surface area contributed by atoms with E-state index in [4.69, 9.17) is 26.7 Å². The highest BCUT2D eigenvalue weighted by Gasteiger charge is 2.22. The number of carbonyl (C=O) groups is 2. The van der Waals surface area contributed by atoms with Gasteiger partial charge < -0.3 is 37.1 Å². The third-order valence-electron chi connectivity index (χ3n) is 10.4. The summed E-state index contributed by atoms with van der Waals surface area (Å²) in [6.07, 6.45) is 0. The molecule has 0 fully saturated rings. The monoisotopic (exact) mass is 984 g/mol. The van der Waals surface area contributed by atoms with E-state index in [1.165, 1.54) is 68.8 Å². The molecule has 4 heterocycles. The van der Waals surface area contributed by atoms with E-state index >= 15 is 0 Å². The predicted octanol–water partition coefficient (Wildman–Crippen LogP) is 9.79. The van der Waals surface area contributed by atoms with Crippen LogP contribution < -0.4 is 32.0 Å². The number of rotatable bonds is 11. The lowest BCUT2D eigenvalue weighted by Crippen LogP contribution is -2.26. The maximum atomic E-state index is 13.5. The number of aryl methyl sites for hydroxylation is 4. The average molecular weight is 985 g/mol. The summed E-state index contributed by atoms with van der Waals surface area (Å²) in [5, 5.41) is 12.0. The van der Waals surface area contributed by atoms with Crippen molar-refractivity contribution in [2.24, 2.45) is 5.73 Å². The molecule has 19 heteroatoms. The van der Waals surface area contributed by atoms with Gasteiger partial charge in [0.15, 0.2) is 23.0 Å². The van der Waals surface area contributed by atoms with Crippen LogP contribution >= 0.6 is 0 Å². The summed E-state index contributed by atoms with van der Waals surface area (Å²) < 4.78 is 62.9. The van der Waals surface area contributed by atoms with E-state index in [0.717, 1.165) is 28.3 Å². The van der Waals surface area contributed by atoms with E-state index in [2.05, 4.69) is 35.2 Å². The second-order valence-electron chi connectivity index (χ2n) is 15.7. The number of carboxylic acid groups (broad SMARTS) is 1. The van der Waals surface area contributed by atoms with E-state index < -0.39 is 17.7 Å². The molecule has 0 radical (unpaired) electrons. The number of benzene rings is 4. The number of carboxylic acids is 1. The van der Waals surface area contributed by atoms with Gasteiger partial charge >= 0.3 is 5.97 Å². The molecule has 0 unspecified atom stereocenters. The van der Waals surface area contributed by atoms with Gasteiger partial charge in [0.05, 0.1) is 37.0 Å². The van der Waals surface area contributed by atoms with Crippen LogP contribution in [0.2, 0.25) is 0 Å². The topological polar surface area (TPSA) is 240 Å². The van der Waals surface area contributed by atoms with E-state index in [9.17, 15) is 32.3 Å². The Morgan fingerprint density at radius 1 is 0.514 bits per heavy atom. The lowest BCUT2D eigenvalue weighted by atomic mass is 10.0. The number of aromatic carboxylic acids is 1. The molecule has 8 rings (SSSR count). The first-order valence-corrected chi connectivity index (χ1v) is 21.5. The van der Waals surface area contributed by atoms with Crippen LogP contribution in [0.1, 0.15) is 62.3 Å². The van der Waals surface area contributed by atoms with Gasteiger partial charge in [-0.15, -0.1) is 0 Å². The third kappa shape index (κ3) is 13.5. The standard InChI is InChI=1S/C26H23F2N5O2.C18H15FN4O2.C8H10FNO.CH4/c1-14-10-18(11-15(2)31-14)23-22(16-4-7-19(27)8-5-16)33-25(29)24(32-23)26(34)30-13-17-6-9-20(28)12-21(17)35-3;1-9-7-12(8-10(2)21-9)15-14(11-3-5-13(19)6-4-11)23-17(20)16(22-15)18(24)25;1-11-8-4-7(9)3-2-6(8)5-10;/h4-12H,13H2,1-3H3,(H2,29,33)(H,30,34);3-8H,1-2H3,(H2,20,23)(H,24,25);2-4H,5,10H2,1H3;1H4. The Morgan fingerprint density at radius 3 is 1.28 bits per heavy atom. The number of carbonyl (C=O) groups excluding carboxylic acids is 1. The Morgan fingerprint density at radius 2 is 0.875 bits per heavy atom. The van der Waals surface area contributed by atoms with Gasteiger partial charge in [0.2, 0.25) is 0 Å². The third-order valence-corrected chi connectivity index (χ3v) is 10.4. The molecule has 1 amide bonds. The molecule has 8 N–H and O–H groups in total. The zero-order valence-electron chi connectivity index (χ0n) is 39.3. The molecule has 0 atom stereocenters. The second-order valence-corrected chi connectivity index (χ2v) is 15.7. The van der Waals surface area contributed by atoms with Gasteiger partial charge in [0.1, 0.15) is 34.8 Å². The molecular formula is C53H52F4N10O5. The summed E-state index contributed by atoms with van der Waals surface area (Å²) in [6, 6.07) is 27.0. The molecule has 15 nitrogen and oxygen atoms in total. The van der Waals surface area contributed by atoms with Crippen molar-refractivity contribution in [1.82, 2.24) is 35.2 Å². The number of methoxy groups -OCH3 is 2. The molecular weight excluding hydrogens is 933 g/mol. The number of halogens is 4. The zero-order chi connectivity index (χ0) is 51.5. The molecule has 8 aromatic rings. The second kappa shape index (κ2) is 24.1. The Bertz CT molecular complexity index is 3190. The minimum atomic E-state index is -1.26. The minimum Gasteiger partial charge on any atom is -0.496 e. The SMILES string of the molecule is C.COc1cc(F)ccc1CN.COc1cc(F)ccc1CNC(=O)c1nc(-c2cc(C)nc(C)c2)c(-c2ccc(F)cc2)nc1N.Cc1cc(-c2nc(C(=O)O)c(N)nc2-c2ccc(F)cc2)cc(C)n1. The maximum Gasteiger partial charge on any atom is 0.358 e. The number of hydrogen-bond donors (Lipinski definition) is 5. The molecule has 0 saturated heterocycles. The fourth-order valence-electron chi connectivity index (χ4n) is 7.19. The molecule has 0 aliphatic rings. The van der Waals surface area contributed by atoms with Crippen molar-refractivity contribution in [3.8, 4) is 56.5 Å². The number of nitrogen functional groups attached to an aromatic ring is 2. The molecule has 0 spiro atoms. The Balaban J connectivity index is 0.000000226. The Kier molecular flexibility index (Phi) is 18.1. The number of nitrogens with one attached hydrogen (secondary N) is 1. The molecule has 0 bridgehead atoms. The molecule has 4 aromatic carbocycles.